The molecule has 2 aromatic carbocycles. The number of para-hydroxylation sites is 1. The Morgan fingerprint density at radius 1 is 1.22 bits per heavy atom. The lowest BCUT2D eigenvalue weighted by Crippen LogP contribution is -2.07. The molecule has 0 saturated carbocycles. The van der Waals surface area contributed by atoms with E-state index < -0.39 is 26.4 Å². The summed E-state index contributed by atoms with van der Waals surface area (Å²) in [5, 5.41) is 19.6. The van der Waals surface area contributed by atoms with Crippen molar-refractivity contribution >= 4 is 42.6 Å². The number of hydrogen-bond donors (Lipinski definition) is 2. The van der Waals surface area contributed by atoms with Crippen molar-refractivity contribution in [1.29, 1.82) is 5.26 Å². The topological polar surface area (TPSA) is 141 Å². The van der Waals surface area contributed by atoms with Crippen molar-refractivity contribution in [3.05, 3.63) is 52.4 Å². The Morgan fingerprint density at radius 3 is 2.63 bits per heavy atom. The van der Waals surface area contributed by atoms with Crippen molar-refractivity contribution < 1.29 is 22.5 Å². The Bertz CT molecular complexity index is 1410. The number of phenols is 1. The van der Waals surface area contributed by atoms with Crippen LogP contribution in [-0.2, 0) is 10.1 Å². The second kappa shape index (κ2) is 5.88. The van der Waals surface area contributed by atoms with Gasteiger partial charge in [-0.1, -0.05) is 12.1 Å². The van der Waals surface area contributed by atoms with E-state index in [0.29, 0.717) is 5.52 Å². The average molecular weight is 400 g/mol. The summed E-state index contributed by atoms with van der Waals surface area (Å²) in [6, 6.07) is 10.8. The smallest absolute Gasteiger partial charge is 0.348 e. The number of fused-ring (bicyclic) bond motifs is 2. The van der Waals surface area contributed by atoms with Crippen LogP contribution in [0.1, 0.15) is 5.56 Å². The predicted octanol–water partition coefficient (Wildman–Crippen LogP) is 2.89. The van der Waals surface area contributed by atoms with E-state index >= 15 is 0 Å². The third-order valence-electron chi connectivity index (χ3n) is 3.88. The van der Waals surface area contributed by atoms with Gasteiger partial charge in [0.1, 0.15) is 32.9 Å². The molecule has 0 saturated heterocycles. The Kier molecular flexibility index (Phi) is 3.74. The van der Waals surface area contributed by atoms with E-state index in [4.69, 9.17) is 4.42 Å². The summed E-state index contributed by atoms with van der Waals surface area (Å²) in [6.45, 7) is 0. The normalized spacial score (nSPS) is 11.7. The van der Waals surface area contributed by atoms with Crippen molar-refractivity contribution in [3.8, 4) is 22.4 Å². The SMILES string of the molecule is N#Cc1c(-c2nc3ccccc3s2)c(=O)oc2cc(O)c(S(=O)(=O)O)cc12. The predicted molar refractivity (Wildman–Crippen MR) is 97.3 cm³/mol. The molecule has 4 aromatic rings. The van der Waals surface area contributed by atoms with E-state index in [1.54, 1.807) is 24.3 Å². The largest absolute Gasteiger partial charge is 0.506 e. The van der Waals surface area contributed by atoms with Crippen LogP contribution in [0.25, 0.3) is 31.8 Å². The van der Waals surface area contributed by atoms with Gasteiger partial charge in [-0.3, -0.25) is 4.55 Å². The number of nitriles is 1. The summed E-state index contributed by atoms with van der Waals surface area (Å²) < 4.78 is 38.1. The molecule has 0 atom stereocenters. The van der Waals surface area contributed by atoms with Crippen molar-refractivity contribution in [2.75, 3.05) is 0 Å². The van der Waals surface area contributed by atoms with E-state index in [9.17, 15) is 28.1 Å². The van der Waals surface area contributed by atoms with Gasteiger partial charge in [0.15, 0.2) is 0 Å². The van der Waals surface area contributed by atoms with Gasteiger partial charge in [0.2, 0.25) is 0 Å². The molecule has 0 radical (unpaired) electrons. The molecule has 8 nitrogen and oxygen atoms in total. The maximum absolute atomic E-state index is 12.5. The number of aromatic hydroxyl groups is 1. The summed E-state index contributed by atoms with van der Waals surface area (Å²) in [7, 11) is -4.75. The lowest BCUT2D eigenvalue weighted by molar-refractivity contribution is 0.442. The van der Waals surface area contributed by atoms with Gasteiger partial charge >= 0.3 is 5.63 Å². The molecule has 0 aliphatic carbocycles. The Hall–Kier alpha value is -3.26. The van der Waals surface area contributed by atoms with Crippen molar-refractivity contribution in [3.63, 3.8) is 0 Å². The molecule has 134 valence electrons. The molecular weight excluding hydrogens is 392 g/mol. The minimum Gasteiger partial charge on any atom is -0.506 e. The molecule has 4 rings (SSSR count). The molecule has 0 aliphatic rings. The molecule has 27 heavy (non-hydrogen) atoms. The third kappa shape index (κ3) is 2.74. The van der Waals surface area contributed by atoms with Crippen LogP contribution in [0.3, 0.4) is 0 Å². The minimum absolute atomic E-state index is 0.0446. The summed E-state index contributed by atoms with van der Waals surface area (Å²) in [4.78, 5) is 16.0. The van der Waals surface area contributed by atoms with Crippen LogP contribution < -0.4 is 5.63 Å². The van der Waals surface area contributed by atoms with Crippen molar-refractivity contribution in [2.45, 2.75) is 4.90 Å². The highest BCUT2D eigenvalue weighted by molar-refractivity contribution is 7.86. The van der Waals surface area contributed by atoms with Gasteiger partial charge in [-0.2, -0.15) is 13.7 Å². The zero-order valence-corrected chi connectivity index (χ0v) is 14.8. The highest BCUT2D eigenvalue weighted by atomic mass is 32.2. The van der Waals surface area contributed by atoms with E-state index in [2.05, 4.69) is 4.98 Å². The number of thiazole rings is 1. The number of phenolic OH excluding ortho intramolecular Hbond substituents is 1. The second-order valence-corrected chi connectivity index (χ2v) is 7.95. The van der Waals surface area contributed by atoms with Crippen LogP contribution in [0.5, 0.6) is 5.75 Å². The molecule has 10 heteroatoms. The van der Waals surface area contributed by atoms with Gasteiger partial charge in [-0.15, -0.1) is 11.3 Å². The monoisotopic (exact) mass is 400 g/mol. The molecule has 2 N–H and O–H groups in total. The molecule has 0 spiro atoms. The average Bonchev–Trinajstić information content (AvgIpc) is 3.02. The fourth-order valence-electron chi connectivity index (χ4n) is 2.71. The van der Waals surface area contributed by atoms with E-state index in [1.165, 1.54) is 11.3 Å². The third-order valence-corrected chi connectivity index (χ3v) is 5.82. The Morgan fingerprint density at radius 2 is 1.96 bits per heavy atom. The highest BCUT2D eigenvalue weighted by Crippen LogP contribution is 2.35. The minimum atomic E-state index is -4.75. The zero-order valence-electron chi connectivity index (χ0n) is 13.2. The van der Waals surface area contributed by atoms with Crippen LogP contribution in [-0.4, -0.2) is 23.1 Å². The Balaban J connectivity index is 2.12. The van der Waals surface area contributed by atoms with Crippen LogP contribution in [0.4, 0.5) is 0 Å². The molecule has 2 heterocycles. The summed E-state index contributed by atoms with van der Waals surface area (Å²) >= 11 is 1.18. The number of rotatable bonds is 2. The zero-order chi connectivity index (χ0) is 19.3. The number of aromatic nitrogens is 1. The number of nitrogens with zero attached hydrogens (tertiary/aromatic N) is 2. The lowest BCUT2D eigenvalue weighted by atomic mass is 10.1. The van der Waals surface area contributed by atoms with Crippen molar-refractivity contribution in [2.24, 2.45) is 0 Å². The standard InChI is InChI=1S/C17H8N2O6S2/c18-7-9-8-5-14(27(22,23)24)11(20)6-12(8)25-17(21)15(9)16-19-10-3-1-2-4-13(10)26-16/h1-6,20H,(H,22,23,24). The van der Waals surface area contributed by atoms with Gasteiger partial charge < -0.3 is 9.52 Å². The van der Waals surface area contributed by atoms with Gasteiger partial charge in [0.25, 0.3) is 10.1 Å². The highest BCUT2D eigenvalue weighted by Gasteiger charge is 2.24. The number of hydrogen-bond acceptors (Lipinski definition) is 8. The summed E-state index contributed by atoms with van der Waals surface area (Å²) in [6.07, 6.45) is 0. The first kappa shape index (κ1) is 17.2. The molecule has 2 aromatic heterocycles. The molecule has 0 amide bonds. The second-order valence-electron chi connectivity index (χ2n) is 5.53. The molecule has 0 aliphatic heterocycles. The first-order valence-corrected chi connectivity index (χ1v) is 9.62. The molecular formula is C17H8N2O6S2. The van der Waals surface area contributed by atoms with Crippen LogP contribution in [0, 0.1) is 11.3 Å². The van der Waals surface area contributed by atoms with Crippen molar-refractivity contribution in [1.82, 2.24) is 4.98 Å². The van der Waals surface area contributed by atoms with Gasteiger partial charge in [-0.25, -0.2) is 9.78 Å². The molecule has 0 unspecified atom stereocenters. The van der Waals surface area contributed by atoms with E-state index in [-0.39, 0.29) is 27.1 Å². The lowest BCUT2D eigenvalue weighted by Gasteiger charge is -2.07. The van der Waals surface area contributed by atoms with Gasteiger partial charge in [0, 0.05) is 11.5 Å². The van der Waals surface area contributed by atoms with Crippen LogP contribution in [0.2, 0.25) is 0 Å². The fourth-order valence-corrected chi connectivity index (χ4v) is 4.31. The van der Waals surface area contributed by atoms with E-state index in [1.807, 2.05) is 6.07 Å². The first-order valence-electron chi connectivity index (χ1n) is 7.37. The van der Waals surface area contributed by atoms with E-state index in [0.717, 1.165) is 16.8 Å². The maximum atomic E-state index is 12.5. The fraction of sp³-hybridized carbons (Fsp3) is 0. The maximum Gasteiger partial charge on any atom is 0.348 e. The summed E-state index contributed by atoms with van der Waals surface area (Å²) in [5.74, 6) is -0.801. The van der Waals surface area contributed by atoms with Crippen LogP contribution in [0.15, 0.2) is 50.5 Å². The summed E-state index contributed by atoms with van der Waals surface area (Å²) in [5.41, 5.74) is -0.683. The van der Waals surface area contributed by atoms with Gasteiger partial charge in [0.05, 0.1) is 15.8 Å². The Labute approximate surface area is 155 Å². The van der Waals surface area contributed by atoms with Crippen LogP contribution >= 0.6 is 11.3 Å². The number of benzene rings is 2. The quantitative estimate of drug-likeness (QED) is 0.386. The first-order chi connectivity index (χ1) is 12.8. The molecule has 0 bridgehead atoms. The van der Waals surface area contributed by atoms with Gasteiger partial charge in [-0.05, 0) is 18.2 Å². The molecule has 0 fully saturated rings.